The maximum atomic E-state index is 11.6. The molecule has 1 aliphatic carbocycles. The van der Waals surface area contributed by atoms with Crippen molar-refractivity contribution in [1.82, 2.24) is 0 Å². The average molecular weight is 201 g/mol. The Morgan fingerprint density at radius 3 is 2.73 bits per heavy atom. The molecule has 15 heavy (non-hydrogen) atoms. The zero-order valence-corrected chi connectivity index (χ0v) is 8.16. The van der Waals surface area contributed by atoms with Crippen LogP contribution in [0.5, 0.6) is 0 Å². The van der Waals surface area contributed by atoms with E-state index in [0.717, 1.165) is 0 Å². The summed E-state index contributed by atoms with van der Waals surface area (Å²) in [6.07, 6.45) is 1.43. The monoisotopic (exact) mass is 201 g/mol. The lowest BCUT2D eigenvalue weighted by molar-refractivity contribution is -0.118. The van der Waals surface area contributed by atoms with E-state index in [9.17, 15) is 4.79 Å². The van der Waals surface area contributed by atoms with Crippen LogP contribution in [-0.4, -0.2) is 11.4 Å². The minimum absolute atomic E-state index is 0.204. The minimum Gasteiger partial charge on any atom is -0.323 e. The van der Waals surface area contributed by atoms with Crippen LogP contribution < -0.4 is 11.1 Å². The van der Waals surface area contributed by atoms with E-state index in [1.165, 1.54) is 0 Å². The number of carbonyl (C=O) groups is 1. The van der Waals surface area contributed by atoms with Crippen LogP contribution in [0.25, 0.3) is 0 Å². The van der Waals surface area contributed by atoms with Gasteiger partial charge < -0.3 is 11.1 Å². The predicted molar refractivity (Wildman–Crippen MR) is 55.9 cm³/mol. The standard InChI is InChI=1S/C11H11N3O/c12-7-8-3-1-2-4-9(8)14-10(15)11(13)5-6-11/h1-4H,5-6,13H2,(H,14,15). The summed E-state index contributed by atoms with van der Waals surface area (Å²) < 4.78 is 0. The zero-order chi connectivity index (χ0) is 10.9. The highest BCUT2D eigenvalue weighted by molar-refractivity contribution is 6.00. The molecule has 76 valence electrons. The Balaban J connectivity index is 2.18. The van der Waals surface area contributed by atoms with Crippen molar-refractivity contribution in [2.24, 2.45) is 5.73 Å². The molecule has 0 unspecified atom stereocenters. The topological polar surface area (TPSA) is 78.9 Å². The van der Waals surface area contributed by atoms with E-state index in [0.29, 0.717) is 24.1 Å². The maximum absolute atomic E-state index is 11.6. The first-order valence-corrected chi connectivity index (χ1v) is 4.75. The number of carbonyl (C=O) groups excluding carboxylic acids is 1. The number of nitrogens with one attached hydrogen (secondary N) is 1. The van der Waals surface area contributed by atoms with Crippen molar-refractivity contribution >= 4 is 11.6 Å². The molecule has 0 heterocycles. The summed E-state index contributed by atoms with van der Waals surface area (Å²) in [4.78, 5) is 11.6. The van der Waals surface area contributed by atoms with Crippen molar-refractivity contribution in [2.75, 3.05) is 5.32 Å². The summed E-state index contributed by atoms with van der Waals surface area (Å²) in [6, 6.07) is 8.90. The zero-order valence-electron chi connectivity index (χ0n) is 8.16. The van der Waals surface area contributed by atoms with Gasteiger partial charge in [0.05, 0.1) is 16.8 Å². The van der Waals surface area contributed by atoms with Gasteiger partial charge in [0.1, 0.15) is 6.07 Å². The van der Waals surface area contributed by atoms with Crippen molar-refractivity contribution in [1.29, 1.82) is 5.26 Å². The van der Waals surface area contributed by atoms with Gasteiger partial charge in [-0.2, -0.15) is 5.26 Å². The quantitative estimate of drug-likeness (QED) is 0.748. The van der Waals surface area contributed by atoms with E-state index in [4.69, 9.17) is 11.0 Å². The number of nitrogens with zero attached hydrogens (tertiary/aromatic N) is 1. The van der Waals surface area contributed by atoms with E-state index in [-0.39, 0.29) is 5.91 Å². The third kappa shape index (κ3) is 1.83. The van der Waals surface area contributed by atoms with Gasteiger partial charge in [-0.05, 0) is 25.0 Å². The molecule has 1 aliphatic rings. The minimum atomic E-state index is -0.706. The highest BCUT2D eigenvalue weighted by Crippen LogP contribution is 2.33. The SMILES string of the molecule is N#Cc1ccccc1NC(=O)C1(N)CC1. The molecule has 0 atom stereocenters. The Kier molecular flexibility index (Phi) is 2.18. The predicted octanol–water partition coefficient (Wildman–Crippen LogP) is 0.988. The molecular weight excluding hydrogens is 190 g/mol. The molecule has 4 heteroatoms. The molecule has 0 saturated heterocycles. The van der Waals surface area contributed by atoms with Gasteiger partial charge >= 0.3 is 0 Å². The first kappa shape index (κ1) is 9.69. The lowest BCUT2D eigenvalue weighted by Crippen LogP contribution is -2.37. The highest BCUT2D eigenvalue weighted by atomic mass is 16.2. The number of para-hydroxylation sites is 1. The van der Waals surface area contributed by atoms with E-state index in [2.05, 4.69) is 5.32 Å². The van der Waals surface area contributed by atoms with Gasteiger partial charge in [-0.15, -0.1) is 0 Å². The smallest absolute Gasteiger partial charge is 0.244 e. The summed E-state index contributed by atoms with van der Waals surface area (Å²) in [5.74, 6) is -0.204. The molecule has 1 aromatic carbocycles. The molecule has 1 fully saturated rings. The number of anilines is 1. The van der Waals surface area contributed by atoms with E-state index in [1.54, 1.807) is 24.3 Å². The molecule has 0 spiro atoms. The fourth-order valence-corrected chi connectivity index (χ4v) is 1.30. The van der Waals surface area contributed by atoms with Crippen LogP contribution in [0.3, 0.4) is 0 Å². The van der Waals surface area contributed by atoms with Crippen LogP contribution in [0, 0.1) is 11.3 Å². The Morgan fingerprint density at radius 2 is 2.13 bits per heavy atom. The Hall–Kier alpha value is -1.86. The van der Waals surface area contributed by atoms with Crippen LogP contribution in [0.15, 0.2) is 24.3 Å². The number of benzene rings is 1. The summed E-state index contributed by atoms with van der Waals surface area (Å²) in [5, 5.41) is 11.5. The van der Waals surface area contributed by atoms with Gasteiger partial charge in [0.2, 0.25) is 5.91 Å². The Morgan fingerprint density at radius 1 is 1.47 bits per heavy atom. The molecule has 2 rings (SSSR count). The number of nitrogens with two attached hydrogens (primary N) is 1. The summed E-state index contributed by atoms with van der Waals surface area (Å²) in [7, 11) is 0. The third-order valence-corrected chi connectivity index (χ3v) is 2.54. The van der Waals surface area contributed by atoms with Gasteiger partial charge in [0.25, 0.3) is 0 Å². The van der Waals surface area contributed by atoms with Crippen molar-refractivity contribution in [3.05, 3.63) is 29.8 Å². The fraction of sp³-hybridized carbons (Fsp3) is 0.273. The summed E-state index contributed by atoms with van der Waals surface area (Å²) in [5.41, 5.74) is 6.01. The van der Waals surface area contributed by atoms with Crippen LogP contribution in [-0.2, 0) is 4.79 Å². The van der Waals surface area contributed by atoms with Crippen molar-refractivity contribution in [3.8, 4) is 6.07 Å². The number of hydrogen-bond acceptors (Lipinski definition) is 3. The molecule has 1 saturated carbocycles. The first-order chi connectivity index (χ1) is 7.15. The second-order valence-electron chi connectivity index (χ2n) is 3.77. The van der Waals surface area contributed by atoms with Gasteiger partial charge in [-0.3, -0.25) is 4.79 Å². The summed E-state index contributed by atoms with van der Waals surface area (Å²) >= 11 is 0. The maximum Gasteiger partial charge on any atom is 0.244 e. The number of hydrogen-bond donors (Lipinski definition) is 2. The van der Waals surface area contributed by atoms with Crippen molar-refractivity contribution < 1.29 is 4.79 Å². The lowest BCUT2D eigenvalue weighted by atomic mass is 10.2. The molecule has 4 nitrogen and oxygen atoms in total. The van der Waals surface area contributed by atoms with Crippen LogP contribution in [0.1, 0.15) is 18.4 Å². The second-order valence-corrected chi connectivity index (χ2v) is 3.77. The Bertz CT molecular complexity index is 443. The molecule has 0 aliphatic heterocycles. The molecule has 3 N–H and O–H groups in total. The first-order valence-electron chi connectivity index (χ1n) is 4.75. The van der Waals surface area contributed by atoms with Gasteiger partial charge in [0.15, 0.2) is 0 Å². The van der Waals surface area contributed by atoms with E-state index >= 15 is 0 Å². The molecule has 0 aromatic heterocycles. The van der Waals surface area contributed by atoms with Crippen LogP contribution >= 0.6 is 0 Å². The van der Waals surface area contributed by atoms with Crippen molar-refractivity contribution in [3.63, 3.8) is 0 Å². The van der Waals surface area contributed by atoms with E-state index in [1.807, 2.05) is 6.07 Å². The second kappa shape index (κ2) is 3.37. The van der Waals surface area contributed by atoms with Crippen molar-refractivity contribution in [2.45, 2.75) is 18.4 Å². The number of nitriles is 1. The third-order valence-electron chi connectivity index (χ3n) is 2.54. The lowest BCUT2D eigenvalue weighted by Gasteiger charge is -2.10. The number of rotatable bonds is 2. The normalized spacial score (nSPS) is 16.5. The average Bonchev–Trinajstić information content (AvgIpc) is 2.99. The van der Waals surface area contributed by atoms with Gasteiger partial charge in [0, 0.05) is 0 Å². The number of amides is 1. The van der Waals surface area contributed by atoms with E-state index < -0.39 is 5.54 Å². The molecule has 0 bridgehead atoms. The van der Waals surface area contributed by atoms with Crippen LogP contribution in [0.4, 0.5) is 5.69 Å². The fourth-order valence-electron chi connectivity index (χ4n) is 1.30. The Labute approximate surface area is 87.7 Å². The molecule has 1 aromatic rings. The molecular formula is C11H11N3O. The molecule has 1 amide bonds. The highest BCUT2D eigenvalue weighted by Gasteiger charge is 2.46. The van der Waals surface area contributed by atoms with Gasteiger partial charge in [-0.25, -0.2) is 0 Å². The molecule has 0 radical (unpaired) electrons. The summed E-state index contributed by atoms with van der Waals surface area (Å²) in [6.45, 7) is 0. The van der Waals surface area contributed by atoms with Crippen LogP contribution in [0.2, 0.25) is 0 Å². The largest absolute Gasteiger partial charge is 0.323 e. The van der Waals surface area contributed by atoms with Gasteiger partial charge in [-0.1, -0.05) is 12.1 Å².